The highest BCUT2D eigenvalue weighted by atomic mass is 16.6. The molecule has 4 heteroatoms. The van der Waals surface area contributed by atoms with Crippen LogP contribution in [-0.4, -0.2) is 24.9 Å². The van der Waals surface area contributed by atoms with Gasteiger partial charge in [-0.3, -0.25) is 0 Å². The van der Waals surface area contributed by atoms with Crippen LogP contribution in [0.4, 0.5) is 0 Å². The quantitative estimate of drug-likeness (QED) is 0.288. The van der Waals surface area contributed by atoms with Crippen molar-refractivity contribution in [1.29, 1.82) is 0 Å². The summed E-state index contributed by atoms with van der Waals surface area (Å²) in [4.78, 5) is 0. The van der Waals surface area contributed by atoms with Crippen LogP contribution in [-0.2, 0) is 38.8 Å². The van der Waals surface area contributed by atoms with Crippen molar-refractivity contribution in [2.45, 2.75) is 38.1 Å². The van der Waals surface area contributed by atoms with Gasteiger partial charge in [0.15, 0.2) is 0 Å². The van der Waals surface area contributed by atoms with E-state index in [9.17, 15) is 0 Å². The van der Waals surface area contributed by atoms with Crippen molar-refractivity contribution in [3.63, 3.8) is 0 Å². The van der Waals surface area contributed by atoms with Gasteiger partial charge in [-0.05, 0) is 16.7 Å². The van der Waals surface area contributed by atoms with E-state index in [0.717, 1.165) is 22.3 Å². The summed E-state index contributed by atoms with van der Waals surface area (Å²) in [5, 5.41) is 0. The lowest BCUT2D eigenvalue weighted by atomic mass is 9.97. The molecule has 3 atom stereocenters. The van der Waals surface area contributed by atoms with Gasteiger partial charge in [-0.1, -0.05) is 116 Å². The van der Waals surface area contributed by atoms with Crippen molar-refractivity contribution in [2.24, 2.45) is 0 Å². The Morgan fingerprint density at radius 1 is 0.714 bits per heavy atom. The van der Waals surface area contributed by atoms with Crippen molar-refractivity contribution in [2.75, 3.05) is 6.61 Å². The van der Waals surface area contributed by atoms with E-state index in [-0.39, 0.29) is 18.3 Å². The second-order valence-electron chi connectivity index (χ2n) is 8.37. The van der Waals surface area contributed by atoms with E-state index in [4.69, 9.17) is 18.9 Å². The van der Waals surface area contributed by atoms with E-state index >= 15 is 0 Å². The molecule has 1 heterocycles. The third kappa shape index (κ3) is 7.52. The Bertz CT molecular complexity index is 1080. The molecule has 1 aliphatic rings. The van der Waals surface area contributed by atoms with Crippen molar-refractivity contribution >= 4 is 0 Å². The Hall–Kier alpha value is -3.44. The van der Waals surface area contributed by atoms with Gasteiger partial charge in [-0.15, -0.1) is 0 Å². The maximum absolute atomic E-state index is 6.47. The van der Waals surface area contributed by atoms with Crippen LogP contribution in [0.5, 0.6) is 0 Å². The largest absolute Gasteiger partial charge is 0.492 e. The second-order valence-corrected chi connectivity index (χ2v) is 8.37. The molecule has 1 aliphatic heterocycles. The lowest BCUT2D eigenvalue weighted by molar-refractivity contribution is -0.150. The Kier molecular flexibility index (Phi) is 9.48. The normalized spacial score (nSPS) is 19.8. The van der Waals surface area contributed by atoms with E-state index in [2.05, 4.69) is 43.0 Å². The van der Waals surface area contributed by atoms with Gasteiger partial charge >= 0.3 is 0 Å². The minimum absolute atomic E-state index is 0.316. The van der Waals surface area contributed by atoms with Gasteiger partial charge in [0.25, 0.3) is 0 Å². The fourth-order valence-corrected chi connectivity index (χ4v) is 3.92. The predicted octanol–water partition coefficient (Wildman–Crippen LogP) is 6.40. The molecule has 0 amide bonds. The summed E-state index contributed by atoms with van der Waals surface area (Å²) in [6.07, 6.45) is 6.35. The first-order valence-corrected chi connectivity index (χ1v) is 11.9. The van der Waals surface area contributed by atoms with Crippen LogP contribution in [0.2, 0.25) is 0 Å². The number of hydrogen-bond acceptors (Lipinski definition) is 4. The Labute approximate surface area is 208 Å². The molecule has 180 valence electrons. The van der Waals surface area contributed by atoms with Crippen molar-refractivity contribution in [3.8, 4) is 0 Å². The number of benzene rings is 3. The molecule has 0 spiro atoms. The second kappa shape index (κ2) is 13.4. The fourth-order valence-electron chi connectivity index (χ4n) is 3.92. The van der Waals surface area contributed by atoms with Gasteiger partial charge < -0.3 is 18.9 Å². The molecule has 4 rings (SSSR count). The molecule has 0 N–H and O–H groups in total. The number of hydrogen-bond donors (Lipinski definition) is 0. The molecule has 0 bridgehead atoms. The zero-order valence-electron chi connectivity index (χ0n) is 19.9. The molecule has 0 saturated heterocycles. The van der Waals surface area contributed by atoms with Crippen LogP contribution in [0, 0.1) is 0 Å². The van der Waals surface area contributed by atoms with Crippen LogP contribution in [0.15, 0.2) is 128 Å². The minimum atomic E-state index is -0.357. The fraction of sp³-hybridized carbons (Fsp3) is 0.226. The molecule has 0 saturated carbocycles. The molecule has 0 radical (unpaired) electrons. The first kappa shape index (κ1) is 24.7. The van der Waals surface area contributed by atoms with E-state index in [1.54, 1.807) is 12.3 Å². The van der Waals surface area contributed by atoms with Crippen LogP contribution in [0.1, 0.15) is 16.7 Å². The zero-order valence-corrected chi connectivity index (χ0v) is 19.9. The lowest BCUT2D eigenvalue weighted by Gasteiger charge is -2.37. The lowest BCUT2D eigenvalue weighted by Crippen LogP contribution is -2.47. The molecular weight excluding hydrogens is 436 g/mol. The van der Waals surface area contributed by atoms with Gasteiger partial charge in [0.1, 0.15) is 18.3 Å². The average molecular weight is 469 g/mol. The minimum Gasteiger partial charge on any atom is -0.492 e. The highest BCUT2D eigenvalue weighted by Gasteiger charge is 2.38. The highest BCUT2D eigenvalue weighted by Crippen LogP contribution is 2.28. The molecule has 0 fully saturated rings. The van der Waals surface area contributed by atoms with Crippen LogP contribution >= 0.6 is 0 Å². The van der Waals surface area contributed by atoms with Gasteiger partial charge in [0.2, 0.25) is 0 Å². The Morgan fingerprint density at radius 2 is 1.26 bits per heavy atom. The molecule has 4 nitrogen and oxygen atoms in total. The van der Waals surface area contributed by atoms with E-state index < -0.39 is 0 Å². The van der Waals surface area contributed by atoms with Crippen LogP contribution in [0.3, 0.4) is 0 Å². The topological polar surface area (TPSA) is 36.9 Å². The molecule has 35 heavy (non-hydrogen) atoms. The monoisotopic (exact) mass is 468 g/mol. The van der Waals surface area contributed by atoms with Gasteiger partial charge in [0.05, 0.1) is 32.7 Å². The van der Waals surface area contributed by atoms with Crippen molar-refractivity contribution < 1.29 is 18.9 Å². The molecular formula is C31H32O4. The molecule has 3 aromatic rings. The Balaban J connectivity index is 1.52. The zero-order chi connectivity index (χ0) is 24.1. The molecule has 0 aromatic heterocycles. The molecule has 0 unspecified atom stereocenters. The summed E-state index contributed by atoms with van der Waals surface area (Å²) in [6.45, 7) is 5.61. The maximum atomic E-state index is 6.47. The number of rotatable bonds is 12. The maximum Gasteiger partial charge on any atom is 0.150 e. The van der Waals surface area contributed by atoms with Gasteiger partial charge in [0, 0.05) is 5.57 Å². The third-order valence-corrected chi connectivity index (χ3v) is 5.75. The molecule has 3 aromatic carbocycles. The summed E-state index contributed by atoms with van der Waals surface area (Å²) in [7, 11) is 0. The number of ether oxygens (including phenoxy) is 4. The first-order valence-electron chi connectivity index (χ1n) is 11.9. The van der Waals surface area contributed by atoms with Gasteiger partial charge in [-0.2, -0.15) is 0 Å². The smallest absolute Gasteiger partial charge is 0.150 e. The summed E-state index contributed by atoms with van der Waals surface area (Å²) in [5.74, 6) is 0. The van der Waals surface area contributed by atoms with E-state index in [0.29, 0.717) is 26.4 Å². The SMILES string of the molecule is C=C/C=C\C1=CO[C@H](COCc2ccccc2)[C@H](OCc2ccccc2)[C@@H]1OCc1ccccc1. The summed E-state index contributed by atoms with van der Waals surface area (Å²) >= 11 is 0. The highest BCUT2D eigenvalue weighted by molar-refractivity contribution is 5.28. The summed E-state index contributed by atoms with van der Waals surface area (Å²) < 4.78 is 25.1. The summed E-state index contributed by atoms with van der Waals surface area (Å²) in [6, 6.07) is 30.4. The van der Waals surface area contributed by atoms with Crippen LogP contribution < -0.4 is 0 Å². The standard InChI is InChI=1S/C31H32O4/c1-2-3-19-28-23-33-29(24-32-20-25-13-7-4-8-14-25)31(35-22-27-17-11-6-12-18-27)30(28)34-21-26-15-9-5-10-16-26/h2-19,23,29-31H,1,20-22,24H2/b19-3-/t29-,30-,31+/m1/s1. The van der Waals surface area contributed by atoms with E-state index in [1.165, 1.54) is 0 Å². The average Bonchev–Trinajstić information content (AvgIpc) is 2.92. The number of allylic oxidation sites excluding steroid dienone is 2. The van der Waals surface area contributed by atoms with E-state index in [1.807, 2.05) is 66.7 Å². The summed E-state index contributed by atoms with van der Waals surface area (Å²) in [5.41, 5.74) is 4.21. The first-order chi connectivity index (χ1) is 17.3. The van der Waals surface area contributed by atoms with Gasteiger partial charge in [-0.25, -0.2) is 0 Å². The van der Waals surface area contributed by atoms with Crippen molar-refractivity contribution in [3.05, 3.63) is 144 Å². The van der Waals surface area contributed by atoms with Crippen molar-refractivity contribution in [1.82, 2.24) is 0 Å². The Morgan fingerprint density at radius 3 is 1.83 bits per heavy atom. The third-order valence-electron chi connectivity index (χ3n) is 5.75. The van der Waals surface area contributed by atoms with Crippen LogP contribution in [0.25, 0.3) is 0 Å². The molecule has 0 aliphatic carbocycles. The predicted molar refractivity (Wildman–Crippen MR) is 138 cm³/mol.